The Morgan fingerprint density at radius 1 is 1.38 bits per heavy atom. The molecule has 8 heteroatoms. The van der Waals surface area contributed by atoms with E-state index in [-0.39, 0.29) is 12.6 Å². The third kappa shape index (κ3) is 5.82. The van der Waals surface area contributed by atoms with Crippen LogP contribution < -0.4 is 11.1 Å². The summed E-state index contributed by atoms with van der Waals surface area (Å²) in [6.45, 7) is -0.175. The number of hydrogen-bond acceptors (Lipinski definition) is 4. The number of carbonyl (C=O) groups is 3. The first-order valence-electron chi connectivity index (χ1n) is 7.03. The van der Waals surface area contributed by atoms with Crippen molar-refractivity contribution in [1.29, 1.82) is 0 Å². The minimum absolute atomic E-state index is 0.0347. The zero-order chi connectivity index (χ0) is 15.8. The van der Waals surface area contributed by atoms with E-state index >= 15 is 0 Å². The van der Waals surface area contributed by atoms with Gasteiger partial charge in [-0.25, -0.2) is 9.59 Å². The van der Waals surface area contributed by atoms with E-state index in [1.165, 1.54) is 16.7 Å². The van der Waals surface area contributed by atoms with Crippen LogP contribution in [0.1, 0.15) is 32.1 Å². The van der Waals surface area contributed by atoms with Crippen molar-refractivity contribution in [2.75, 3.05) is 18.6 Å². The molecule has 0 aromatic heterocycles. The largest absolute Gasteiger partial charge is 0.480 e. The molecule has 1 saturated carbocycles. The second-order valence-electron chi connectivity index (χ2n) is 5.15. The summed E-state index contributed by atoms with van der Waals surface area (Å²) in [5, 5.41) is 11.6. The van der Waals surface area contributed by atoms with Gasteiger partial charge in [-0.3, -0.25) is 4.79 Å². The predicted molar refractivity (Wildman–Crippen MR) is 81.1 cm³/mol. The molecule has 1 aliphatic carbocycles. The smallest absolute Gasteiger partial charge is 0.326 e. The molecule has 0 unspecified atom stereocenters. The highest BCUT2D eigenvalue weighted by Crippen LogP contribution is 2.23. The van der Waals surface area contributed by atoms with Crippen LogP contribution in [0.3, 0.4) is 0 Å². The SMILES string of the molecule is CSCC[C@@H](NC(=O)N(CC(N)=O)C1CCCC1)C(=O)O. The summed E-state index contributed by atoms with van der Waals surface area (Å²) < 4.78 is 0. The molecular weight excluding hydrogens is 294 g/mol. The first kappa shape index (κ1) is 17.6. The Balaban J connectivity index is 2.68. The second kappa shape index (κ2) is 8.76. The van der Waals surface area contributed by atoms with Crippen LogP contribution in [-0.4, -0.2) is 58.6 Å². The molecule has 120 valence electrons. The Morgan fingerprint density at radius 2 is 2.00 bits per heavy atom. The van der Waals surface area contributed by atoms with Crippen molar-refractivity contribution in [3.8, 4) is 0 Å². The van der Waals surface area contributed by atoms with Crippen molar-refractivity contribution >= 4 is 29.7 Å². The zero-order valence-electron chi connectivity index (χ0n) is 12.2. The number of nitrogens with one attached hydrogen (secondary N) is 1. The van der Waals surface area contributed by atoms with Gasteiger partial charge in [0.25, 0.3) is 0 Å². The number of hydrogen-bond donors (Lipinski definition) is 3. The summed E-state index contributed by atoms with van der Waals surface area (Å²) >= 11 is 1.52. The van der Waals surface area contributed by atoms with Gasteiger partial charge in [-0.05, 0) is 31.3 Å². The summed E-state index contributed by atoms with van der Waals surface area (Å²) in [6.07, 6.45) is 5.87. The van der Waals surface area contributed by atoms with Crippen molar-refractivity contribution in [2.24, 2.45) is 5.73 Å². The fraction of sp³-hybridized carbons (Fsp3) is 0.769. The van der Waals surface area contributed by atoms with Crippen molar-refractivity contribution in [3.63, 3.8) is 0 Å². The topological polar surface area (TPSA) is 113 Å². The van der Waals surface area contributed by atoms with E-state index in [1.54, 1.807) is 0 Å². The molecule has 4 N–H and O–H groups in total. The first-order valence-corrected chi connectivity index (χ1v) is 8.42. The fourth-order valence-corrected chi connectivity index (χ4v) is 2.95. The van der Waals surface area contributed by atoms with E-state index in [1.807, 2.05) is 6.26 Å². The molecule has 7 nitrogen and oxygen atoms in total. The monoisotopic (exact) mass is 317 g/mol. The Hall–Kier alpha value is -1.44. The summed E-state index contributed by atoms with van der Waals surface area (Å²) in [4.78, 5) is 36.0. The lowest BCUT2D eigenvalue weighted by molar-refractivity contribution is -0.139. The third-order valence-electron chi connectivity index (χ3n) is 3.56. The average molecular weight is 317 g/mol. The van der Waals surface area contributed by atoms with Crippen molar-refractivity contribution in [3.05, 3.63) is 0 Å². The van der Waals surface area contributed by atoms with Gasteiger partial charge < -0.3 is 21.1 Å². The number of nitrogens with two attached hydrogens (primary N) is 1. The van der Waals surface area contributed by atoms with Crippen LogP contribution in [0.15, 0.2) is 0 Å². The lowest BCUT2D eigenvalue weighted by Gasteiger charge is -2.29. The van der Waals surface area contributed by atoms with Crippen LogP contribution in [0.4, 0.5) is 4.79 Å². The molecule has 0 aromatic rings. The lowest BCUT2D eigenvalue weighted by atomic mass is 10.2. The minimum Gasteiger partial charge on any atom is -0.480 e. The van der Waals surface area contributed by atoms with Crippen LogP contribution >= 0.6 is 11.8 Å². The van der Waals surface area contributed by atoms with Gasteiger partial charge in [-0.1, -0.05) is 12.8 Å². The van der Waals surface area contributed by atoms with Gasteiger partial charge in [0.05, 0.1) is 0 Å². The van der Waals surface area contributed by atoms with E-state index in [0.29, 0.717) is 12.2 Å². The maximum atomic E-state index is 12.3. The molecule has 0 aliphatic heterocycles. The fourth-order valence-electron chi connectivity index (χ4n) is 2.48. The molecule has 1 fully saturated rings. The van der Waals surface area contributed by atoms with Gasteiger partial charge in [0.2, 0.25) is 5.91 Å². The van der Waals surface area contributed by atoms with Gasteiger partial charge in [-0.15, -0.1) is 0 Å². The average Bonchev–Trinajstić information content (AvgIpc) is 2.93. The molecule has 21 heavy (non-hydrogen) atoms. The summed E-state index contributed by atoms with van der Waals surface area (Å²) in [5.41, 5.74) is 5.19. The number of aliphatic carboxylic acids is 1. The maximum Gasteiger partial charge on any atom is 0.326 e. The first-order chi connectivity index (χ1) is 9.95. The summed E-state index contributed by atoms with van der Waals surface area (Å²) in [7, 11) is 0. The lowest BCUT2D eigenvalue weighted by Crippen LogP contribution is -2.53. The number of carboxylic acid groups (broad SMARTS) is 1. The second-order valence-corrected chi connectivity index (χ2v) is 6.14. The number of nitrogens with zero attached hydrogens (tertiary/aromatic N) is 1. The van der Waals surface area contributed by atoms with Crippen molar-refractivity contribution in [2.45, 2.75) is 44.2 Å². The molecule has 0 spiro atoms. The highest BCUT2D eigenvalue weighted by Gasteiger charge is 2.30. The highest BCUT2D eigenvalue weighted by atomic mass is 32.2. The van der Waals surface area contributed by atoms with Crippen molar-refractivity contribution in [1.82, 2.24) is 10.2 Å². The van der Waals surface area contributed by atoms with Gasteiger partial charge in [0.1, 0.15) is 12.6 Å². The molecule has 0 aromatic carbocycles. The van der Waals surface area contributed by atoms with E-state index in [4.69, 9.17) is 10.8 Å². The highest BCUT2D eigenvalue weighted by molar-refractivity contribution is 7.98. The molecule has 0 heterocycles. The van der Waals surface area contributed by atoms with Crippen LogP contribution in [0.2, 0.25) is 0 Å². The van der Waals surface area contributed by atoms with Gasteiger partial charge in [0.15, 0.2) is 0 Å². The molecule has 3 amide bonds. The number of carbonyl (C=O) groups excluding carboxylic acids is 2. The molecule has 1 rings (SSSR count). The number of carboxylic acids is 1. The molecule has 0 saturated heterocycles. The van der Waals surface area contributed by atoms with Gasteiger partial charge in [0, 0.05) is 6.04 Å². The van der Waals surface area contributed by atoms with Crippen LogP contribution in [0, 0.1) is 0 Å². The Morgan fingerprint density at radius 3 is 2.48 bits per heavy atom. The maximum absolute atomic E-state index is 12.3. The van der Waals surface area contributed by atoms with Crippen LogP contribution in [0.25, 0.3) is 0 Å². The van der Waals surface area contributed by atoms with Crippen LogP contribution in [0.5, 0.6) is 0 Å². The van der Waals surface area contributed by atoms with E-state index in [9.17, 15) is 14.4 Å². The van der Waals surface area contributed by atoms with Crippen molar-refractivity contribution < 1.29 is 19.5 Å². The predicted octanol–water partition coefficient (Wildman–Crippen LogP) is 0.632. The molecule has 1 aliphatic rings. The number of urea groups is 1. The number of thioether (sulfide) groups is 1. The summed E-state index contributed by atoms with van der Waals surface area (Å²) in [6, 6.07) is -1.50. The van der Waals surface area contributed by atoms with Gasteiger partial charge in [-0.2, -0.15) is 11.8 Å². The Labute approximate surface area is 128 Å². The third-order valence-corrected chi connectivity index (χ3v) is 4.20. The standard InChI is InChI=1S/C13H23N3O4S/c1-21-7-6-10(12(18)19)15-13(20)16(8-11(14)17)9-4-2-3-5-9/h9-10H,2-8H2,1H3,(H2,14,17)(H,15,20)(H,18,19)/t10-/m1/s1. The van der Waals surface area contributed by atoms with Gasteiger partial charge >= 0.3 is 12.0 Å². The zero-order valence-corrected chi connectivity index (χ0v) is 13.0. The van der Waals surface area contributed by atoms with Crippen LogP contribution in [-0.2, 0) is 9.59 Å². The number of amides is 3. The molecule has 1 atom stereocenters. The quantitative estimate of drug-likeness (QED) is 0.608. The van der Waals surface area contributed by atoms with E-state index in [0.717, 1.165) is 25.7 Å². The number of rotatable bonds is 8. The summed E-state index contributed by atoms with van der Waals surface area (Å²) in [5.74, 6) is -1.02. The Kier molecular flexibility index (Phi) is 7.35. The minimum atomic E-state index is -1.07. The normalized spacial score (nSPS) is 16.4. The van der Waals surface area contributed by atoms with E-state index in [2.05, 4.69) is 5.32 Å². The molecule has 0 radical (unpaired) electrons. The molecule has 0 bridgehead atoms. The molecular formula is C13H23N3O4S. The number of primary amides is 1. The Bertz CT molecular complexity index is 386. The van der Waals surface area contributed by atoms with E-state index < -0.39 is 23.9 Å².